The molecule has 1 atom stereocenters. The van der Waals surface area contributed by atoms with Crippen molar-refractivity contribution < 1.29 is 4.74 Å². The van der Waals surface area contributed by atoms with Crippen LogP contribution in [-0.4, -0.2) is 13.2 Å². The molecule has 40 valence electrons. The van der Waals surface area contributed by atoms with Crippen molar-refractivity contribution in [2.24, 2.45) is 11.7 Å². The minimum absolute atomic E-state index is 0.472. The molecule has 2 nitrogen and oxygen atoms in total. The third-order valence-corrected chi connectivity index (χ3v) is 1.06. The van der Waals surface area contributed by atoms with Crippen molar-refractivity contribution >= 4 is 0 Å². The molecule has 0 radical (unpaired) electrons. The summed E-state index contributed by atoms with van der Waals surface area (Å²) in [7, 11) is 0. The molecule has 0 saturated heterocycles. The molecule has 0 aromatic heterocycles. The summed E-state index contributed by atoms with van der Waals surface area (Å²) in [4.78, 5) is 0. The van der Waals surface area contributed by atoms with E-state index in [1.54, 1.807) is 6.26 Å². The normalized spacial score (nSPS) is 27.9. The molecule has 1 aliphatic heterocycles. The van der Waals surface area contributed by atoms with E-state index in [9.17, 15) is 0 Å². The predicted molar refractivity (Wildman–Crippen MR) is 27.6 cm³/mol. The maximum absolute atomic E-state index is 5.30. The van der Waals surface area contributed by atoms with E-state index < -0.39 is 0 Å². The van der Waals surface area contributed by atoms with Crippen LogP contribution >= 0.6 is 0 Å². The molecule has 1 rings (SSSR count). The first-order valence-corrected chi connectivity index (χ1v) is 2.42. The average molecular weight is 99.1 g/mol. The van der Waals surface area contributed by atoms with Crippen molar-refractivity contribution in [3.8, 4) is 0 Å². The molecule has 0 aliphatic carbocycles. The average Bonchev–Trinajstić information content (AvgIpc) is 2.14. The highest BCUT2D eigenvalue weighted by Crippen LogP contribution is 2.04. The van der Waals surface area contributed by atoms with Crippen LogP contribution in [0.3, 0.4) is 0 Å². The molecular formula is C5H9NO. The van der Waals surface area contributed by atoms with Crippen LogP contribution in [-0.2, 0) is 4.74 Å². The van der Waals surface area contributed by atoms with Crippen LogP contribution in [0.15, 0.2) is 12.3 Å². The molecule has 2 N–H and O–H groups in total. The van der Waals surface area contributed by atoms with Gasteiger partial charge in [-0.15, -0.1) is 0 Å². The lowest BCUT2D eigenvalue weighted by molar-refractivity contribution is 0.251. The maximum atomic E-state index is 5.30. The quantitative estimate of drug-likeness (QED) is 0.506. The summed E-state index contributed by atoms with van der Waals surface area (Å²) in [6.07, 6.45) is 3.69. The Hall–Kier alpha value is -0.500. The Kier molecular flexibility index (Phi) is 1.32. The Morgan fingerprint density at radius 1 is 1.86 bits per heavy atom. The van der Waals surface area contributed by atoms with E-state index in [1.807, 2.05) is 6.08 Å². The molecule has 0 amide bonds. The van der Waals surface area contributed by atoms with Gasteiger partial charge in [0.1, 0.15) is 0 Å². The molecule has 0 bridgehead atoms. The number of hydrogen-bond donors (Lipinski definition) is 1. The lowest BCUT2D eigenvalue weighted by Crippen LogP contribution is -2.12. The molecule has 1 heterocycles. The van der Waals surface area contributed by atoms with Crippen LogP contribution in [0.2, 0.25) is 0 Å². The first kappa shape index (κ1) is 4.65. The van der Waals surface area contributed by atoms with Gasteiger partial charge in [-0.2, -0.15) is 0 Å². The van der Waals surface area contributed by atoms with Crippen molar-refractivity contribution in [1.29, 1.82) is 0 Å². The summed E-state index contributed by atoms with van der Waals surface area (Å²) in [5.74, 6) is 0.472. The van der Waals surface area contributed by atoms with Crippen molar-refractivity contribution in [1.82, 2.24) is 0 Å². The van der Waals surface area contributed by atoms with E-state index in [-0.39, 0.29) is 0 Å². The van der Waals surface area contributed by atoms with Crippen molar-refractivity contribution in [2.45, 2.75) is 0 Å². The largest absolute Gasteiger partial charge is 0.501 e. The second-order valence-corrected chi connectivity index (χ2v) is 1.66. The topological polar surface area (TPSA) is 35.2 Å². The molecule has 2 heteroatoms. The Balaban J connectivity index is 2.28. The second-order valence-electron chi connectivity index (χ2n) is 1.66. The van der Waals surface area contributed by atoms with Gasteiger partial charge in [0.15, 0.2) is 0 Å². The van der Waals surface area contributed by atoms with Crippen LogP contribution in [0.1, 0.15) is 0 Å². The fraction of sp³-hybridized carbons (Fsp3) is 0.600. The van der Waals surface area contributed by atoms with Gasteiger partial charge in [-0.1, -0.05) is 0 Å². The van der Waals surface area contributed by atoms with Gasteiger partial charge in [0.2, 0.25) is 0 Å². The smallest absolute Gasteiger partial charge is 0.0949 e. The Morgan fingerprint density at radius 3 is 3.00 bits per heavy atom. The molecule has 7 heavy (non-hydrogen) atoms. The summed E-state index contributed by atoms with van der Waals surface area (Å²) in [5.41, 5.74) is 5.30. The van der Waals surface area contributed by atoms with Crippen LogP contribution in [0.4, 0.5) is 0 Å². The lowest BCUT2D eigenvalue weighted by atomic mass is 10.2. The highest BCUT2D eigenvalue weighted by molar-refractivity contribution is 4.89. The van der Waals surface area contributed by atoms with Gasteiger partial charge in [0, 0.05) is 12.5 Å². The number of hydrogen-bond acceptors (Lipinski definition) is 2. The molecular weight excluding hydrogens is 90.1 g/mol. The van der Waals surface area contributed by atoms with Gasteiger partial charge < -0.3 is 10.5 Å². The zero-order chi connectivity index (χ0) is 5.11. The minimum atomic E-state index is 0.472. The van der Waals surface area contributed by atoms with Gasteiger partial charge in [-0.3, -0.25) is 0 Å². The molecule has 1 aliphatic rings. The van der Waals surface area contributed by atoms with E-state index in [2.05, 4.69) is 0 Å². The standard InChI is InChI=1S/C5H9NO/c6-3-5-1-2-7-4-5/h1-2,5H,3-4,6H2. The monoisotopic (exact) mass is 99.1 g/mol. The van der Waals surface area contributed by atoms with Crippen molar-refractivity contribution in [3.05, 3.63) is 12.3 Å². The molecule has 1 unspecified atom stereocenters. The van der Waals surface area contributed by atoms with Gasteiger partial charge in [0.25, 0.3) is 0 Å². The van der Waals surface area contributed by atoms with Gasteiger partial charge >= 0.3 is 0 Å². The summed E-state index contributed by atoms with van der Waals surface area (Å²) in [6, 6.07) is 0. The number of ether oxygens (including phenoxy) is 1. The summed E-state index contributed by atoms with van der Waals surface area (Å²) in [6.45, 7) is 1.48. The van der Waals surface area contributed by atoms with Gasteiger partial charge in [0.05, 0.1) is 12.9 Å². The molecule has 0 aromatic carbocycles. The van der Waals surface area contributed by atoms with E-state index in [4.69, 9.17) is 10.5 Å². The third-order valence-electron chi connectivity index (χ3n) is 1.06. The van der Waals surface area contributed by atoms with E-state index >= 15 is 0 Å². The first-order chi connectivity index (χ1) is 3.43. The zero-order valence-electron chi connectivity index (χ0n) is 4.13. The predicted octanol–water partition coefficient (Wildman–Crippen LogP) is 0.105. The molecule has 0 fully saturated rings. The van der Waals surface area contributed by atoms with E-state index in [1.165, 1.54) is 0 Å². The third kappa shape index (κ3) is 0.933. The highest BCUT2D eigenvalue weighted by Gasteiger charge is 2.05. The molecule has 0 aromatic rings. The Morgan fingerprint density at radius 2 is 2.71 bits per heavy atom. The van der Waals surface area contributed by atoms with Crippen LogP contribution < -0.4 is 5.73 Å². The van der Waals surface area contributed by atoms with E-state index in [0.29, 0.717) is 12.5 Å². The minimum Gasteiger partial charge on any atom is -0.501 e. The Labute approximate surface area is 43.0 Å². The zero-order valence-corrected chi connectivity index (χ0v) is 4.13. The maximum Gasteiger partial charge on any atom is 0.0949 e. The fourth-order valence-corrected chi connectivity index (χ4v) is 0.548. The lowest BCUT2D eigenvalue weighted by Gasteiger charge is -1.97. The fourth-order valence-electron chi connectivity index (χ4n) is 0.548. The van der Waals surface area contributed by atoms with Gasteiger partial charge in [-0.05, 0) is 6.08 Å². The Bertz CT molecular complexity index is 80.1. The summed E-state index contributed by atoms with van der Waals surface area (Å²) >= 11 is 0. The number of rotatable bonds is 1. The second kappa shape index (κ2) is 1.98. The van der Waals surface area contributed by atoms with Crippen molar-refractivity contribution in [2.75, 3.05) is 13.2 Å². The highest BCUT2D eigenvalue weighted by atomic mass is 16.5. The van der Waals surface area contributed by atoms with Crippen LogP contribution in [0.25, 0.3) is 0 Å². The van der Waals surface area contributed by atoms with Crippen molar-refractivity contribution in [3.63, 3.8) is 0 Å². The van der Waals surface area contributed by atoms with E-state index in [0.717, 1.165) is 6.61 Å². The molecule has 0 saturated carbocycles. The first-order valence-electron chi connectivity index (χ1n) is 2.42. The van der Waals surface area contributed by atoms with Gasteiger partial charge in [-0.25, -0.2) is 0 Å². The number of nitrogens with two attached hydrogens (primary N) is 1. The summed E-state index contributed by atoms with van der Waals surface area (Å²) in [5, 5.41) is 0. The summed E-state index contributed by atoms with van der Waals surface area (Å²) < 4.78 is 4.89. The SMILES string of the molecule is NCC1C=COC1. The molecule has 0 spiro atoms. The van der Waals surface area contributed by atoms with Crippen LogP contribution in [0, 0.1) is 5.92 Å². The van der Waals surface area contributed by atoms with Crippen LogP contribution in [0.5, 0.6) is 0 Å².